The molecule has 2 N–H and O–H groups in total. The van der Waals surface area contributed by atoms with Crippen LogP contribution < -0.4 is 20.0 Å². The van der Waals surface area contributed by atoms with Crippen LogP contribution in [-0.4, -0.2) is 86.9 Å². The first-order chi connectivity index (χ1) is 24.3. The Morgan fingerprint density at radius 3 is 2.35 bits per heavy atom. The van der Waals surface area contributed by atoms with E-state index in [-0.39, 0.29) is 57.5 Å². The Bertz CT molecular complexity index is 2150. The molecule has 280 valence electrons. The average molecular weight is 794 g/mol. The van der Waals surface area contributed by atoms with Gasteiger partial charge in [-0.25, -0.2) is 36.5 Å². The summed E-state index contributed by atoms with van der Waals surface area (Å²) in [5.74, 6) is -3.25. The number of nitrogens with zero attached hydrogens (tertiary/aromatic N) is 7. The number of esters is 1. The second kappa shape index (κ2) is 17.3. The highest BCUT2D eigenvalue weighted by Gasteiger charge is 2.27. The molecule has 0 aliphatic rings. The van der Waals surface area contributed by atoms with Crippen LogP contribution in [0, 0.1) is 19.7 Å². The molecule has 2 aromatic carbocycles. The first kappa shape index (κ1) is 41.1. The van der Waals surface area contributed by atoms with Crippen molar-refractivity contribution in [3.8, 4) is 11.7 Å². The lowest BCUT2D eigenvalue weighted by atomic mass is 10.1. The van der Waals surface area contributed by atoms with Gasteiger partial charge >= 0.3 is 36.2 Å². The molecule has 52 heavy (non-hydrogen) atoms. The highest BCUT2D eigenvalue weighted by molar-refractivity contribution is 7.90. The van der Waals surface area contributed by atoms with E-state index >= 15 is 0 Å². The summed E-state index contributed by atoms with van der Waals surface area (Å²) in [7, 11) is -1.87. The van der Waals surface area contributed by atoms with Crippen molar-refractivity contribution in [2.45, 2.75) is 44.0 Å². The van der Waals surface area contributed by atoms with E-state index < -0.39 is 61.9 Å². The number of rotatable bonds is 11. The number of halogens is 5. The second-order valence-corrected chi connectivity index (χ2v) is 12.7. The number of aromatic carboxylic acids is 1. The van der Waals surface area contributed by atoms with Gasteiger partial charge < -0.3 is 14.6 Å². The minimum atomic E-state index is -4.44. The number of carboxylic acids is 1. The van der Waals surface area contributed by atoms with E-state index in [9.17, 15) is 40.8 Å². The monoisotopic (exact) mass is 792 g/mol. The molecule has 2 amide bonds. The Kier molecular flexibility index (Phi) is 13.7. The zero-order valence-electron chi connectivity index (χ0n) is 27.7. The number of alkyl halides is 3. The number of amides is 2. The molecule has 0 aliphatic carbocycles. The van der Waals surface area contributed by atoms with Crippen molar-refractivity contribution in [3.63, 3.8) is 0 Å². The molecule has 17 nitrogen and oxygen atoms in total. The topological polar surface area (TPSA) is 218 Å². The van der Waals surface area contributed by atoms with Gasteiger partial charge in [-0.05, 0) is 50.6 Å². The number of anilines is 1. The lowest BCUT2D eigenvalue weighted by Gasteiger charge is -2.17. The number of hydrogen-bond acceptors (Lipinski definition) is 12. The lowest BCUT2D eigenvalue weighted by molar-refractivity contribution is -0.142. The molecule has 23 heteroatoms. The largest absolute Gasteiger partial charge is 0.478 e. The number of nitrogens with one attached hydrogen (secondary N) is 1. The number of methoxy groups -OCH3 is 1. The van der Waals surface area contributed by atoms with Crippen molar-refractivity contribution in [2.24, 2.45) is 0 Å². The van der Waals surface area contributed by atoms with Crippen LogP contribution in [-0.2, 0) is 26.0 Å². The molecule has 0 aliphatic heterocycles. The Balaban J connectivity index is 0.000000280. The number of ether oxygens (including phenoxy) is 2. The molecule has 0 spiro atoms. The normalized spacial score (nSPS) is 11.7. The third kappa shape index (κ3) is 9.73. The van der Waals surface area contributed by atoms with Crippen molar-refractivity contribution < 1.29 is 50.6 Å². The van der Waals surface area contributed by atoms with E-state index in [0.717, 1.165) is 29.2 Å². The van der Waals surface area contributed by atoms with E-state index in [1.54, 1.807) is 18.6 Å². The zero-order chi connectivity index (χ0) is 39.1. The second-order valence-electron chi connectivity index (χ2n) is 10.1. The first-order valence-corrected chi connectivity index (χ1v) is 16.8. The molecule has 4 rings (SSSR count). The summed E-state index contributed by atoms with van der Waals surface area (Å²) in [5.41, 5.74) is -1.83. The van der Waals surface area contributed by atoms with Crippen LogP contribution in [0.5, 0.6) is 6.01 Å². The first-order valence-electron chi connectivity index (χ1n) is 14.5. The summed E-state index contributed by atoms with van der Waals surface area (Å²) in [6, 6.07) is 5.80. The number of aryl methyl sites for hydroxylation is 2. The summed E-state index contributed by atoms with van der Waals surface area (Å²) < 4.78 is 76.9. The van der Waals surface area contributed by atoms with Gasteiger partial charge in [-0.1, -0.05) is 23.7 Å². The fourth-order valence-electron chi connectivity index (χ4n) is 4.16. The molecule has 2 heterocycles. The number of hydrogen-bond donors (Lipinski definition) is 2. The number of sulfonamides is 1. The smallest absolute Gasteiger partial charge is 0.355 e. The lowest BCUT2D eigenvalue weighted by Crippen LogP contribution is -2.42. The van der Waals surface area contributed by atoms with Crippen LogP contribution in [0.3, 0.4) is 0 Å². The van der Waals surface area contributed by atoms with E-state index in [1.165, 1.54) is 33.2 Å². The van der Waals surface area contributed by atoms with Gasteiger partial charge in [0.2, 0.25) is 5.95 Å². The van der Waals surface area contributed by atoms with Crippen LogP contribution in [0.25, 0.3) is 5.69 Å². The van der Waals surface area contributed by atoms with Crippen LogP contribution in [0.4, 0.5) is 23.9 Å². The van der Waals surface area contributed by atoms with E-state index in [2.05, 4.69) is 20.1 Å². The third-order valence-electron chi connectivity index (χ3n) is 6.59. The van der Waals surface area contributed by atoms with E-state index in [1.807, 2.05) is 0 Å². The number of carbonyl (C=O) groups excluding carboxylic acids is 2. The molecule has 0 saturated heterocycles. The number of benzene rings is 2. The maximum absolute atomic E-state index is 14.2. The molecule has 0 radical (unpaired) electrons. The fourth-order valence-corrected chi connectivity index (χ4v) is 5.79. The summed E-state index contributed by atoms with van der Waals surface area (Å²) in [6.45, 7) is 1.35. The Labute approximate surface area is 303 Å². The van der Waals surface area contributed by atoms with Crippen LogP contribution in [0.15, 0.2) is 46.1 Å². The van der Waals surface area contributed by atoms with E-state index in [4.69, 9.17) is 37.8 Å². The van der Waals surface area contributed by atoms with Gasteiger partial charge in [0.1, 0.15) is 27.6 Å². The maximum Gasteiger partial charge on any atom is 0.355 e. The van der Waals surface area contributed by atoms with Gasteiger partial charge in [0.25, 0.3) is 10.0 Å². The fraction of sp³-hybridized carbons (Fsp3) is 0.310. The molecule has 0 bridgehead atoms. The molecule has 2 aromatic heterocycles. The van der Waals surface area contributed by atoms with Crippen LogP contribution >= 0.6 is 23.2 Å². The van der Waals surface area contributed by atoms with E-state index in [0.29, 0.717) is 4.68 Å². The third-order valence-corrected chi connectivity index (χ3v) is 8.65. The number of carbonyl (C=O) groups is 3. The van der Waals surface area contributed by atoms with Crippen LogP contribution in [0.1, 0.15) is 41.0 Å². The van der Waals surface area contributed by atoms with Crippen molar-refractivity contribution >= 4 is 57.1 Å². The molecule has 1 atom stereocenters. The molecule has 4 aromatic rings. The number of carboxylic acid groups (broad SMARTS) is 1. The predicted octanol–water partition coefficient (Wildman–Crippen LogP) is 3.66. The molecule has 0 fully saturated rings. The molecule has 1 unspecified atom stereocenters. The Morgan fingerprint density at radius 1 is 1.12 bits per heavy atom. The maximum atomic E-state index is 14.2. The predicted molar refractivity (Wildman–Crippen MR) is 177 cm³/mol. The van der Waals surface area contributed by atoms with Crippen molar-refractivity contribution in [3.05, 3.63) is 80.5 Å². The summed E-state index contributed by atoms with van der Waals surface area (Å²) in [5, 5.41) is 11.6. The highest BCUT2D eigenvalue weighted by Crippen LogP contribution is 2.26. The summed E-state index contributed by atoms with van der Waals surface area (Å²) in [4.78, 5) is 59.1. The minimum Gasteiger partial charge on any atom is -0.478 e. The molecular weight excluding hydrogens is 764 g/mol. The molecular formula is C29H29Cl2F3N8O9S. The van der Waals surface area contributed by atoms with Gasteiger partial charge in [0.05, 0.1) is 19.3 Å². The van der Waals surface area contributed by atoms with Crippen molar-refractivity contribution in [1.82, 2.24) is 34.0 Å². The van der Waals surface area contributed by atoms with Gasteiger partial charge in [-0.15, -0.1) is 16.7 Å². The van der Waals surface area contributed by atoms with Gasteiger partial charge in [0, 0.05) is 18.5 Å². The SMILES string of the molecule is CCOC(=O)C(Cl)Cc1cc(-n2nc(C)n(C(F)F)c2=O)c(F)cc1Cl.COc1nc(C)nc(N(C)C(=O)NS(=O)(=O)c2ccccc2C(=O)O)n1. The number of aromatic nitrogens is 6. The summed E-state index contributed by atoms with van der Waals surface area (Å²) >= 11 is 11.9. The zero-order valence-corrected chi connectivity index (χ0v) is 30.0. The Hall–Kier alpha value is -5.28. The molecule has 0 saturated carbocycles. The van der Waals surface area contributed by atoms with Gasteiger partial charge in [0.15, 0.2) is 5.82 Å². The summed E-state index contributed by atoms with van der Waals surface area (Å²) in [6.07, 6.45) is -0.115. The van der Waals surface area contributed by atoms with Crippen molar-refractivity contribution in [1.29, 1.82) is 0 Å². The van der Waals surface area contributed by atoms with Crippen LogP contribution in [0.2, 0.25) is 5.02 Å². The quantitative estimate of drug-likeness (QED) is 0.164. The van der Waals surface area contributed by atoms with Gasteiger partial charge in [-0.3, -0.25) is 9.69 Å². The van der Waals surface area contributed by atoms with Gasteiger partial charge in [-0.2, -0.15) is 28.4 Å². The minimum absolute atomic E-state index is 0.0424. The number of urea groups is 1. The highest BCUT2D eigenvalue weighted by atomic mass is 35.5. The standard InChI is InChI=1S/C15H14Cl2F3N3O3.C14H15N5O6S/c1-3-26-13(24)10(17)4-8-5-12(11(18)6-9(8)16)23-15(25)22(14(19)20)7(2)21-23;1-8-15-12(17-13(16-8)25-3)19(2)14(22)18-26(23,24)10-7-5-4-6-9(10)11(20)21/h5-6,10,14H,3-4H2,1-2H3;4-7H,1-3H3,(H,18,22)(H,20,21). The average Bonchev–Trinajstić information content (AvgIpc) is 3.38. The Morgan fingerprint density at radius 2 is 1.77 bits per heavy atom. The van der Waals surface area contributed by atoms with Crippen molar-refractivity contribution in [2.75, 3.05) is 25.7 Å².